The van der Waals surface area contributed by atoms with E-state index in [0.717, 1.165) is 0 Å². The van der Waals surface area contributed by atoms with Gasteiger partial charge in [0.05, 0.1) is 12.1 Å². The van der Waals surface area contributed by atoms with E-state index in [-0.39, 0.29) is 18.0 Å². The number of nitrogens with zero attached hydrogens (tertiary/aromatic N) is 1. The Morgan fingerprint density at radius 2 is 1.75 bits per heavy atom. The predicted molar refractivity (Wildman–Crippen MR) is 88.0 cm³/mol. The third-order valence-electron chi connectivity index (χ3n) is 3.34. The first-order valence-electron chi connectivity index (χ1n) is 7.26. The van der Waals surface area contributed by atoms with Gasteiger partial charge in [-0.2, -0.15) is 0 Å². The molecule has 0 unspecified atom stereocenters. The largest absolute Gasteiger partial charge is 0.478 e. The van der Waals surface area contributed by atoms with Crippen LogP contribution in [0.5, 0.6) is 5.75 Å². The van der Waals surface area contributed by atoms with Gasteiger partial charge in [0.15, 0.2) is 0 Å². The number of hydrogen-bond donors (Lipinski definition) is 1. The Labute approximate surface area is 139 Å². The minimum atomic E-state index is -1.07. The maximum absolute atomic E-state index is 12.0. The van der Waals surface area contributed by atoms with Crippen LogP contribution in [0.2, 0.25) is 0 Å². The standard InChI is InChI=1S/C18H17NO5/c1-12(20)19(16-8-5-7-14(10-16)18(22)23)11-15-6-3-4-9-17(15)24-13(2)21/h3-10H,11H2,1-2H3,(H,22,23). The smallest absolute Gasteiger partial charge is 0.335 e. The molecule has 0 bridgehead atoms. The highest BCUT2D eigenvalue weighted by molar-refractivity contribution is 5.94. The Kier molecular flexibility index (Phi) is 5.31. The normalized spacial score (nSPS) is 10.1. The highest BCUT2D eigenvalue weighted by Crippen LogP contribution is 2.24. The topological polar surface area (TPSA) is 83.9 Å². The number of carbonyl (C=O) groups is 3. The fourth-order valence-electron chi connectivity index (χ4n) is 2.25. The minimum Gasteiger partial charge on any atom is -0.478 e. The number of benzene rings is 2. The first-order chi connectivity index (χ1) is 11.4. The zero-order chi connectivity index (χ0) is 17.7. The van der Waals surface area contributed by atoms with E-state index in [1.54, 1.807) is 36.4 Å². The molecule has 6 heteroatoms. The molecule has 0 aromatic heterocycles. The van der Waals surface area contributed by atoms with Crippen molar-refractivity contribution in [1.29, 1.82) is 0 Å². The van der Waals surface area contributed by atoms with Gasteiger partial charge in [-0.1, -0.05) is 24.3 Å². The molecule has 0 radical (unpaired) electrons. The van der Waals surface area contributed by atoms with E-state index in [2.05, 4.69) is 0 Å². The van der Waals surface area contributed by atoms with Crippen LogP contribution in [0.25, 0.3) is 0 Å². The van der Waals surface area contributed by atoms with Crippen LogP contribution >= 0.6 is 0 Å². The Morgan fingerprint density at radius 3 is 2.38 bits per heavy atom. The van der Waals surface area contributed by atoms with Crippen molar-refractivity contribution in [3.8, 4) is 5.75 Å². The number of ether oxygens (including phenoxy) is 1. The van der Waals surface area contributed by atoms with Gasteiger partial charge in [0.2, 0.25) is 5.91 Å². The van der Waals surface area contributed by atoms with E-state index in [4.69, 9.17) is 9.84 Å². The van der Waals surface area contributed by atoms with Crippen molar-refractivity contribution in [1.82, 2.24) is 0 Å². The zero-order valence-corrected chi connectivity index (χ0v) is 13.4. The van der Waals surface area contributed by atoms with Crippen molar-refractivity contribution in [3.63, 3.8) is 0 Å². The molecule has 0 saturated carbocycles. The van der Waals surface area contributed by atoms with Crippen LogP contribution in [-0.2, 0) is 16.1 Å². The lowest BCUT2D eigenvalue weighted by atomic mass is 10.1. The van der Waals surface area contributed by atoms with E-state index in [0.29, 0.717) is 17.0 Å². The summed E-state index contributed by atoms with van der Waals surface area (Å²) in [7, 11) is 0. The molecule has 0 aliphatic heterocycles. The molecule has 2 aromatic carbocycles. The molecule has 0 saturated heterocycles. The van der Waals surface area contributed by atoms with E-state index in [9.17, 15) is 14.4 Å². The summed E-state index contributed by atoms with van der Waals surface area (Å²) in [5.41, 5.74) is 1.19. The summed E-state index contributed by atoms with van der Waals surface area (Å²) in [5, 5.41) is 9.10. The highest BCUT2D eigenvalue weighted by atomic mass is 16.5. The molecule has 0 spiro atoms. The molecule has 1 N–H and O–H groups in total. The number of carbonyl (C=O) groups excluding carboxylic acids is 2. The van der Waals surface area contributed by atoms with Crippen molar-refractivity contribution >= 4 is 23.5 Å². The second kappa shape index (κ2) is 7.41. The lowest BCUT2D eigenvalue weighted by molar-refractivity contribution is -0.131. The average Bonchev–Trinajstić information content (AvgIpc) is 2.53. The zero-order valence-electron chi connectivity index (χ0n) is 13.4. The van der Waals surface area contributed by atoms with Crippen LogP contribution < -0.4 is 9.64 Å². The molecular formula is C18H17NO5. The second-order valence-electron chi connectivity index (χ2n) is 5.16. The molecule has 6 nitrogen and oxygen atoms in total. The number of rotatable bonds is 5. The van der Waals surface area contributed by atoms with Crippen LogP contribution in [0, 0.1) is 0 Å². The molecule has 24 heavy (non-hydrogen) atoms. The lowest BCUT2D eigenvalue weighted by Gasteiger charge is -2.22. The monoisotopic (exact) mass is 327 g/mol. The van der Waals surface area contributed by atoms with Crippen LogP contribution in [-0.4, -0.2) is 23.0 Å². The maximum Gasteiger partial charge on any atom is 0.335 e. The van der Waals surface area contributed by atoms with Gasteiger partial charge >= 0.3 is 11.9 Å². The Hall–Kier alpha value is -3.15. The Balaban J connectivity index is 2.37. The molecule has 124 valence electrons. The van der Waals surface area contributed by atoms with Gasteiger partial charge in [0, 0.05) is 25.1 Å². The number of aromatic carboxylic acids is 1. The fourth-order valence-corrected chi connectivity index (χ4v) is 2.25. The number of anilines is 1. The summed E-state index contributed by atoms with van der Waals surface area (Å²) in [6.45, 7) is 2.85. The van der Waals surface area contributed by atoms with Gasteiger partial charge in [-0.3, -0.25) is 9.59 Å². The summed E-state index contributed by atoms with van der Waals surface area (Å²) in [5.74, 6) is -1.41. The second-order valence-corrected chi connectivity index (χ2v) is 5.16. The summed E-state index contributed by atoms with van der Waals surface area (Å²) in [6, 6.07) is 13.0. The average molecular weight is 327 g/mol. The number of hydrogen-bond acceptors (Lipinski definition) is 4. The summed E-state index contributed by atoms with van der Waals surface area (Å²) >= 11 is 0. The Morgan fingerprint density at radius 1 is 1.04 bits per heavy atom. The molecule has 0 atom stereocenters. The maximum atomic E-state index is 12.0. The quantitative estimate of drug-likeness (QED) is 0.674. The molecule has 0 fully saturated rings. The number of carboxylic acid groups (broad SMARTS) is 1. The summed E-state index contributed by atoms with van der Waals surface area (Å²) < 4.78 is 5.15. The highest BCUT2D eigenvalue weighted by Gasteiger charge is 2.16. The van der Waals surface area contributed by atoms with Crippen LogP contribution in [0.1, 0.15) is 29.8 Å². The first-order valence-corrected chi connectivity index (χ1v) is 7.26. The molecule has 1 amide bonds. The van der Waals surface area contributed by atoms with E-state index in [1.165, 1.54) is 30.9 Å². The van der Waals surface area contributed by atoms with Gasteiger partial charge in [0.1, 0.15) is 5.75 Å². The third kappa shape index (κ3) is 4.19. The van der Waals surface area contributed by atoms with Crippen LogP contribution in [0.15, 0.2) is 48.5 Å². The summed E-state index contributed by atoms with van der Waals surface area (Å²) in [6.07, 6.45) is 0. The molecule has 2 rings (SSSR count). The van der Waals surface area contributed by atoms with Gasteiger partial charge in [-0.15, -0.1) is 0 Å². The van der Waals surface area contributed by atoms with Crippen molar-refractivity contribution in [2.45, 2.75) is 20.4 Å². The predicted octanol–water partition coefficient (Wildman–Crippen LogP) is 2.86. The van der Waals surface area contributed by atoms with Crippen molar-refractivity contribution < 1.29 is 24.2 Å². The molecule has 0 aliphatic carbocycles. The third-order valence-corrected chi connectivity index (χ3v) is 3.34. The first kappa shape index (κ1) is 17.2. The molecular weight excluding hydrogens is 310 g/mol. The van der Waals surface area contributed by atoms with Crippen molar-refractivity contribution in [2.75, 3.05) is 4.90 Å². The number of esters is 1. The van der Waals surface area contributed by atoms with Crippen LogP contribution in [0.4, 0.5) is 5.69 Å². The summed E-state index contributed by atoms with van der Waals surface area (Å²) in [4.78, 5) is 35.8. The number of amides is 1. The SMILES string of the molecule is CC(=O)Oc1ccccc1CN(C(C)=O)c1cccc(C(=O)O)c1. The van der Waals surface area contributed by atoms with Gasteiger partial charge in [0.25, 0.3) is 0 Å². The van der Waals surface area contributed by atoms with Crippen molar-refractivity contribution in [3.05, 3.63) is 59.7 Å². The van der Waals surface area contributed by atoms with Crippen LogP contribution in [0.3, 0.4) is 0 Å². The van der Waals surface area contributed by atoms with E-state index >= 15 is 0 Å². The van der Waals surface area contributed by atoms with E-state index in [1.807, 2.05) is 0 Å². The number of carboxylic acids is 1. The fraction of sp³-hybridized carbons (Fsp3) is 0.167. The van der Waals surface area contributed by atoms with E-state index < -0.39 is 11.9 Å². The van der Waals surface area contributed by atoms with Gasteiger partial charge in [-0.05, 0) is 24.3 Å². The molecule has 0 aliphatic rings. The van der Waals surface area contributed by atoms with Crippen molar-refractivity contribution in [2.24, 2.45) is 0 Å². The number of para-hydroxylation sites is 1. The van der Waals surface area contributed by atoms with Gasteiger partial charge in [-0.25, -0.2) is 4.79 Å². The minimum absolute atomic E-state index is 0.0898. The Bertz CT molecular complexity index is 784. The van der Waals surface area contributed by atoms with Gasteiger partial charge < -0.3 is 14.7 Å². The lowest BCUT2D eigenvalue weighted by Crippen LogP contribution is -2.28. The molecule has 2 aromatic rings. The molecule has 0 heterocycles.